The van der Waals surface area contributed by atoms with Gasteiger partial charge in [-0.25, -0.2) is 13.2 Å². The third kappa shape index (κ3) is 3.60. The summed E-state index contributed by atoms with van der Waals surface area (Å²) in [4.78, 5) is 0. The zero-order valence-electron chi connectivity index (χ0n) is 14.8. The van der Waals surface area contributed by atoms with E-state index in [9.17, 15) is 13.2 Å². The van der Waals surface area contributed by atoms with Crippen LogP contribution in [-0.4, -0.2) is 13.6 Å². The molecule has 1 aliphatic carbocycles. The smallest absolute Gasteiger partial charge is 0.194 e. The average Bonchev–Trinajstić information content (AvgIpc) is 3.42. The zero-order chi connectivity index (χ0) is 19.1. The lowest BCUT2D eigenvalue weighted by atomic mass is 10.1. The molecule has 1 aliphatic heterocycles. The van der Waals surface area contributed by atoms with Gasteiger partial charge in [-0.2, -0.15) is 0 Å². The number of hydrazine groups is 2. The Morgan fingerprint density at radius 3 is 2.67 bits per heavy atom. The Bertz CT molecular complexity index is 873. The lowest BCUT2D eigenvalue weighted by Crippen LogP contribution is -2.42. The van der Waals surface area contributed by atoms with Crippen molar-refractivity contribution in [3.05, 3.63) is 51.8 Å². The van der Waals surface area contributed by atoms with E-state index in [0.717, 1.165) is 46.5 Å². The first-order chi connectivity index (χ1) is 13.0. The second-order valence-electron chi connectivity index (χ2n) is 7.03. The highest BCUT2D eigenvalue weighted by Crippen LogP contribution is 2.44. The topological polar surface area (TPSA) is 30.5 Å². The van der Waals surface area contributed by atoms with Crippen LogP contribution in [0.4, 0.5) is 30.2 Å². The molecule has 1 heterocycles. The molecular weight excluding hydrogens is 421 g/mol. The Balaban J connectivity index is 1.51. The standard InChI is InChI=1S/C19H20BrF3N4/c1-26-19-15(27(25-26)9-8-11-2-3-11)7-6-14(16(19)20)24-10-12-4-5-13(21)18(23)17(12)22/h4-7,11,24-25H,2-3,8-10H2,1H3. The maximum atomic E-state index is 13.9. The van der Waals surface area contributed by atoms with Crippen molar-refractivity contribution in [3.8, 4) is 0 Å². The third-order valence-electron chi connectivity index (χ3n) is 5.03. The van der Waals surface area contributed by atoms with Gasteiger partial charge < -0.3 is 5.32 Å². The number of hydrogen-bond donors (Lipinski definition) is 2. The third-order valence-corrected chi connectivity index (χ3v) is 5.84. The fraction of sp³-hybridized carbons (Fsp3) is 0.368. The molecule has 4 nitrogen and oxygen atoms in total. The molecule has 0 amide bonds. The molecule has 0 spiro atoms. The number of halogens is 4. The molecule has 27 heavy (non-hydrogen) atoms. The van der Waals surface area contributed by atoms with Crippen molar-refractivity contribution in [1.29, 1.82) is 0 Å². The van der Waals surface area contributed by atoms with Crippen molar-refractivity contribution in [2.24, 2.45) is 5.92 Å². The average molecular weight is 441 g/mol. The van der Waals surface area contributed by atoms with Crippen LogP contribution in [0.5, 0.6) is 0 Å². The van der Waals surface area contributed by atoms with Crippen LogP contribution in [0.25, 0.3) is 0 Å². The number of hydrogen-bond acceptors (Lipinski definition) is 4. The number of benzene rings is 2. The molecule has 4 rings (SSSR count). The minimum absolute atomic E-state index is 0.0446. The number of nitrogens with one attached hydrogen (secondary N) is 2. The zero-order valence-corrected chi connectivity index (χ0v) is 16.4. The minimum Gasteiger partial charge on any atom is -0.380 e. The quantitative estimate of drug-likeness (QED) is 0.621. The van der Waals surface area contributed by atoms with Crippen LogP contribution in [0, 0.1) is 23.4 Å². The second-order valence-corrected chi connectivity index (χ2v) is 7.82. The fourth-order valence-electron chi connectivity index (χ4n) is 3.29. The summed E-state index contributed by atoms with van der Waals surface area (Å²) in [5.41, 5.74) is 6.18. The van der Waals surface area contributed by atoms with E-state index >= 15 is 0 Å². The van der Waals surface area contributed by atoms with Crippen molar-refractivity contribution < 1.29 is 13.2 Å². The van der Waals surface area contributed by atoms with Crippen molar-refractivity contribution in [3.63, 3.8) is 0 Å². The molecule has 0 aromatic heterocycles. The van der Waals surface area contributed by atoms with E-state index in [1.165, 1.54) is 18.9 Å². The van der Waals surface area contributed by atoms with Gasteiger partial charge in [-0.3, -0.25) is 10.0 Å². The molecule has 2 aromatic rings. The molecule has 0 bridgehead atoms. The lowest BCUT2D eigenvalue weighted by molar-refractivity contribution is 0.442. The van der Waals surface area contributed by atoms with E-state index in [1.807, 2.05) is 24.2 Å². The van der Waals surface area contributed by atoms with Gasteiger partial charge in [0, 0.05) is 25.7 Å². The van der Waals surface area contributed by atoms with Gasteiger partial charge in [0.2, 0.25) is 0 Å². The van der Waals surface area contributed by atoms with E-state index in [4.69, 9.17) is 0 Å². The van der Waals surface area contributed by atoms with E-state index < -0.39 is 17.5 Å². The van der Waals surface area contributed by atoms with Gasteiger partial charge in [0.1, 0.15) is 0 Å². The van der Waals surface area contributed by atoms with Gasteiger partial charge in [0.25, 0.3) is 0 Å². The Kier molecular flexibility index (Phi) is 4.94. The SMILES string of the molecule is CN1NN(CCC2CC2)c2ccc(NCc3ccc(F)c(F)c3F)c(Br)c21. The molecule has 0 unspecified atom stereocenters. The van der Waals surface area contributed by atoms with E-state index in [-0.39, 0.29) is 12.1 Å². The maximum Gasteiger partial charge on any atom is 0.194 e. The first kappa shape index (κ1) is 18.4. The molecule has 1 fully saturated rings. The van der Waals surface area contributed by atoms with Crippen LogP contribution in [0.1, 0.15) is 24.8 Å². The minimum atomic E-state index is -1.45. The maximum absolute atomic E-state index is 13.9. The second kappa shape index (κ2) is 7.24. The van der Waals surface area contributed by atoms with Crippen molar-refractivity contribution in [2.75, 3.05) is 28.9 Å². The summed E-state index contributed by atoms with van der Waals surface area (Å²) in [6, 6.07) is 6.07. The summed E-state index contributed by atoms with van der Waals surface area (Å²) >= 11 is 3.61. The van der Waals surface area contributed by atoms with Crippen LogP contribution in [0.3, 0.4) is 0 Å². The predicted octanol–water partition coefficient (Wildman–Crippen LogP) is 4.95. The molecule has 144 valence electrons. The van der Waals surface area contributed by atoms with Gasteiger partial charge >= 0.3 is 0 Å². The summed E-state index contributed by atoms with van der Waals surface area (Å²) in [6.07, 6.45) is 3.81. The molecule has 0 radical (unpaired) electrons. The molecule has 0 saturated heterocycles. The molecule has 2 aliphatic rings. The lowest BCUT2D eigenvalue weighted by Gasteiger charge is -2.19. The van der Waals surface area contributed by atoms with Crippen LogP contribution >= 0.6 is 15.9 Å². The molecule has 2 N–H and O–H groups in total. The van der Waals surface area contributed by atoms with Crippen LogP contribution < -0.4 is 20.9 Å². The summed E-state index contributed by atoms with van der Waals surface area (Å²) in [7, 11) is 1.93. The number of fused-ring (bicyclic) bond motifs is 1. The largest absolute Gasteiger partial charge is 0.380 e. The Hall–Kier alpha value is -1.93. The molecule has 8 heteroatoms. The Labute approximate surface area is 164 Å². The summed E-state index contributed by atoms with van der Waals surface area (Å²) in [6.45, 7) is 0.976. The van der Waals surface area contributed by atoms with E-state index in [0.29, 0.717) is 0 Å². The molecule has 1 saturated carbocycles. The number of nitrogens with zero attached hydrogens (tertiary/aromatic N) is 2. The van der Waals surface area contributed by atoms with Gasteiger partial charge in [-0.1, -0.05) is 18.9 Å². The predicted molar refractivity (Wildman–Crippen MR) is 104 cm³/mol. The number of anilines is 3. The molecule has 0 atom stereocenters. The van der Waals surface area contributed by atoms with Gasteiger partial charge in [-0.05, 0) is 46.5 Å². The van der Waals surface area contributed by atoms with Crippen molar-refractivity contribution >= 4 is 33.0 Å². The van der Waals surface area contributed by atoms with Crippen LogP contribution in [-0.2, 0) is 6.54 Å². The summed E-state index contributed by atoms with van der Waals surface area (Å²) in [5.74, 6) is -2.95. The normalized spacial score (nSPS) is 16.0. The highest BCUT2D eigenvalue weighted by molar-refractivity contribution is 9.10. The Morgan fingerprint density at radius 2 is 1.93 bits per heavy atom. The van der Waals surface area contributed by atoms with E-state index in [1.54, 1.807) is 0 Å². The first-order valence-electron chi connectivity index (χ1n) is 8.92. The monoisotopic (exact) mass is 440 g/mol. The van der Waals surface area contributed by atoms with Gasteiger partial charge in [-0.15, -0.1) is 5.53 Å². The van der Waals surface area contributed by atoms with Crippen molar-refractivity contribution in [1.82, 2.24) is 5.53 Å². The fourth-order valence-corrected chi connectivity index (χ4v) is 4.04. The highest BCUT2D eigenvalue weighted by Gasteiger charge is 2.29. The molecular formula is C19H20BrF3N4. The number of rotatable bonds is 6. The Morgan fingerprint density at radius 1 is 1.15 bits per heavy atom. The van der Waals surface area contributed by atoms with E-state index in [2.05, 4.69) is 31.8 Å². The molecule has 2 aromatic carbocycles. The summed E-state index contributed by atoms with van der Waals surface area (Å²) < 4.78 is 41.2. The summed E-state index contributed by atoms with van der Waals surface area (Å²) in [5, 5.41) is 7.14. The van der Waals surface area contributed by atoms with Crippen LogP contribution in [0.2, 0.25) is 0 Å². The van der Waals surface area contributed by atoms with Crippen LogP contribution in [0.15, 0.2) is 28.7 Å². The highest BCUT2D eigenvalue weighted by atomic mass is 79.9. The van der Waals surface area contributed by atoms with Gasteiger partial charge in [0.15, 0.2) is 17.5 Å². The van der Waals surface area contributed by atoms with Gasteiger partial charge in [0.05, 0.1) is 21.5 Å². The van der Waals surface area contributed by atoms with Crippen molar-refractivity contribution in [2.45, 2.75) is 25.8 Å². The first-order valence-corrected chi connectivity index (χ1v) is 9.71.